The van der Waals surface area contributed by atoms with Crippen LogP contribution in [0.5, 0.6) is 0 Å². The molecule has 2 aromatic carbocycles. The third kappa shape index (κ3) is 3.34. The quantitative estimate of drug-likeness (QED) is 0.618. The number of carbonyl (C=O) groups is 3. The van der Waals surface area contributed by atoms with Gasteiger partial charge in [-0.2, -0.15) is 0 Å². The third-order valence-corrected chi connectivity index (χ3v) is 5.89. The first-order chi connectivity index (χ1) is 13.9. The molecule has 0 radical (unpaired) electrons. The monoisotopic (exact) mass is 412 g/mol. The number of halogens is 2. The molecule has 1 saturated heterocycles. The van der Waals surface area contributed by atoms with Crippen molar-refractivity contribution in [3.63, 3.8) is 0 Å². The fourth-order valence-corrected chi connectivity index (χ4v) is 4.11. The van der Waals surface area contributed by atoms with Crippen LogP contribution in [0.4, 0.5) is 10.1 Å². The Bertz CT molecular complexity index is 1030. The van der Waals surface area contributed by atoms with Crippen molar-refractivity contribution in [2.24, 2.45) is 11.8 Å². The lowest BCUT2D eigenvalue weighted by atomic mass is 9.81. The maximum Gasteiger partial charge on any atom is 0.251 e. The maximum absolute atomic E-state index is 13.2. The van der Waals surface area contributed by atoms with E-state index in [1.165, 1.54) is 29.2 Å². The number of anilines is 1. The van der Waals surface area contributed by atoms with E-state index in [1.807, 2.05) is 0 Å². The summed E-state index contributed by atoms with van der Waals surface area (Å²) < 4.78 is 13.1. The largest absolute Gasteiger partial charge is 0.345 e. The van der Waals surface area contributed by atoms with Crippen molar-refractivity contribution in [1.29, 1.82) is 0 Å². The van der Waals surface area contributed by atoms with E-state index in [0.717, 1.165) is 0 Å². The number of allylic oxidation sites excluding steroid dienone is 1. The molecule has 1 aliphatic heterocycles. The molecule has 2 aliphatic rings. The number of benzene rings is 2. The molecule has 7 heteroatoms. The van der Waals surface area contributed by atoms with Crippen molar-refractivity contribution in [3.8, 4) is 0 Å². The SMILES string of the molecule is Cc1c(Cl)cccc1N1C(=O)[C@@H]2[C@H](NC(=O)c3ccc(F)cc3)C=CC[C@H]2C1=O. The minimum Gasteiger partial charge on any atom is -0.345 e. The van der Waals surface area contributed by atoms with Gasteiger partial charge in [0.15, 0.2) is 0 Å². The summed E-state index contributed by atoms with van der Waals surface area (Å²) in [5.41, 5.74) is 1.39. The van der Waals surface area contributed by atoms with E-state index in [4.69, 9.17) is 11.6 Å². The van der Waals surface area contributed by atoms with Crippen molar-refractivity contribution in [2.75, 3.05) is 4.90 Å². The number of hydrogen-bond donors (Lipinski definition) is 1. The van der Waals surface area contributed by atoms with Gasteiger partial charge in [-0.15, -0.1) is 0 Å². The minimum absolute atomic E-state index is 0.279. The van der Waals surface area contributed by atoms with Gasteiger partial charge in [0.25, 0.3) is 5.91 Å². The second-order valence-corrected chi connectivity index (χ2v) is 7.61. The fraction of sp³-hybridized carbons (Fsp3) is 0.227. The van der Waals surface area contributed by atoms with Gasteiger partial charge in [-0.3, -0.25) is 14.4 Å². The molecule has 4 rings (SSSR count). The second kappa shape index (κ2) is 7.44. The smallest absolute Gasteiger partial charge is 0.251 e. The van der Waals surface area contributed by atoms with E-state index in [1.54, 1.807) is 37.3 Å². The molecular formula is C22H18ClFN2O3. The molecule has 1 heterocycles. The average molecular weight is 413 g/mol. The number of carbonyl (C=O) groups excluding carboxylic acids is 3. The molecule has 0 unspecified atom stereocenters. The normalized spacial score (nSPS) is 23.3. The summed E-state index contributed by atoms with van der Waals surface area (Å²) in [5.74, 6) is -2.78. The highest BCUT2D eigenvalue weighted by Gasteiger charge is 2.52. The molecule has 1 fully saturated rings. The summed E-state index contributed by atoms with van der Waals surface area (Å²) in [7, 11) is 0. The van der Waals surface area contributed by atoms with E-state index in [-0.39, 0.29) is 17.4 Å². The Labute approximate surface area is 172 Å². The van der Waals surface area contributed by atoms with Gasteiger partial charge in [-0.25, -0.2) is 9.29 Å². The zero-order valence-corrected chi connectivity index (χ0v) is 16.3. The molecule has 0 bridgehead atoms. The Kier molecular flexibility index (Phi) is 4.96. The van der Waals surface area contributed by atoms with Crippen LogP contribution in [-0.2, 0) is 9.59 Å². The van der Waals surface area contributed by atoms with E-state index >= 15 is 0 Å². The fourth-order valence-electron chi connectivity index (χ4n) is 3.94. The van der Waals surface area contributed by atoms with E-state index in [9.17, 15) is 18.8 Å². The maximum atomic E-state index is 13.2. The van der Waals surface area contributed by atoms with Crippen LogP contribution in [0.2, 0.25) is 5.02 Å². The van der Waals surface area contributed by atoms with Crippen LogP contribution in [0.25, 0.3) is 0 Å². The van der Waals surface area contributed by atoms with E-state index < -0.39 is 29.6 Å². The number of imide groups is 1. The molecule has 0 aromatic heterocycles. The summed E-state index contributed by atoms with van der Waals surface area (Å²) in [4.78, 5) is 40.0. The Morgan fingerprint density at radius 1 is 1.14 bits per heavy atom. The van der Waals surface area contributed by atoms with Crippen molar-refractivity contribution >= 4 is 35.0 Å². The third-order valence-electron chi connectivity index (χ3n) is 5.48. The molecule has 3 atom stereocenters. The molecule has 148 valence electrons. The second-order valence-electron chi connectivity index (χ2n) is 7.20. The molecule has 29 heavy (non-hydrogen) atoms. The Balaban J connectivity index is 1.62. The highest BCUT2D eigenvalue weighted by Crippen LogP contribution is 2.40. The topological polar surface area (TPSA) is 66.5 Å². The number of amides is 3. The lowest BCUT2D eigenvalue weighted by molar-refractivity contribution is -0.122. The lowest BCUT2D eigenvalue weighted by Gasteiger charge is -2.27. The Morgan fingerprint density at radius 2 is 1.86 bits per heavy atom. The van der Waals surface area contributed by atoms with Crippen LogP contribution in [0.1, 0.15) is 22.3 Å². The summed E-state index contributed by atoms with van der Waals surface area (Å²) in [6, 6.07) is 9.59. The van der Waals surface area contributed by atoms with E-state index in [0.29, 0.717) is 22.7 Å². The van der Waals surface area contributed by atoms with E-state index in [2.05, 4.69) is 5.32 Å². The zero-order chi connectivity index (χ0) is 20.7. The van der Waals surface area contributed by atoms with Gasteiger partial charge >= 0.3 is 0 Å². The summed E-state index contributed by atoms with van der Waals surface area (Å²) >= 11 is 6.17. The van der Waals surface area contributed by atoms with Crippen LogP contribution < -0.4 is 10.2 Å². The molecule has 5 nitrogen and oxygen atoms in total. The van der Waals surface area contributed by atoms with Crippen molar-refractivity contribution in [2.45, 2.75) is 19.4 Å². The predicted octanol–water partition coefficient (Wildman–Crippen LogP) is 3.65. The molecule has 0 spiro atoms. The van der Waals surface area contributed by atoms with Crippen molar-refractivity contribution < 1.29 is 18.8 Å². The number of rotatable bonds is 3. The molecule has 3 amide bonds. The number of nitrogens with one attached hydrogen (secondary N) is 1. The Morgan fingerprint density at radius 3 is 2.59 bits per heavy atom. The van der Waals surface area contributed by atoms with Gasteiger partial charge in [0.2, 0.25) is 11.8 Å². The summed E-state index contributed by atoms with van der Waals surface area (Å²) in [6.45, 7) is 1.76. The predicted molar refractivity (Wildman–Crippen MR) is 107 cm³/mol. The first kappa shape index (κ1) is 19.3. The molecule has 1 aliphatic carbocycles. The van der Waals surface area contributed by atoms with Gasteiger partial charge in [-0.05, 0) is 55.3 Å². The number of hydrogen-bond acceptors (Lipinski definition) is 3. The molecule has 2 aromatic rings. The van der Waals surface area contributed by atoms with Crippen LogP contribution in [0.3, 0.4) is 0 Å². The zero-order valence-electron chi connectivity index (χ0n) is 15.6. The highest BCUT2D eigenvalue weighted by molar-refractivity contribution is 6.32. The van der Waals surface area contributed by atoms with Gasteiger partial charge in [0, 0.05) is 10.6 Å². The highest BCUT2D eigenvalue weighted by atomic mass is 35.5. The van der Waals surface area contributed by atoms with Crippen LogP contribution in [0, 0.1) is 24.6 Å². The molecule has 0 saturated carbocycles. The minimum atomic E-state index is -0.699. The lowest BCUT2D eigenvalue weighted by Crippen LogP contribution is -2.45. The Hall–Kier alpha value is -2.99. The van der Waals surface area contributed by atoms with Crippen LogP contribution in [-0.4, -0.2) is 23.8 Å². The van der Waals surface area contributed by atoms with Gasteiger partial charge < -0.3 is 5.32 Å². The summed E-state index contributed by atoms with van der Waals surface area (Å²) in [5, 5.41) is 3.27. The first-order valence-electron chi connectivity index (χ1n) is 9.24. The molecular weight excluding hydrogens is 395 g/mol. The van der Waals surface area contributed by atoms with Gasteiger partial charge in [0.05, 0.1) is 23.6 Å². The van der Waals surface area contributed by atoms with Crippen molar-refractivity contribution in [3.05, 3.63) is 76.6 Å². The first-order valence-corrected chi connectivity index (χ1v) is 9.62. The average Bonchev–Trinajstić information content (AvgIpc) is 2.96. The summed E-state index contributed by atoms with van der Waals surface area (Å²) in [6.07, 6.45) is 3.96. The number of nitrogens with zero attached hydrogens (tertiary/aromatic N) is 1. The molecule has 1 N–H and O–H groups in total. The van der Waals surface area contributed by atoms with Gasteiger partial charge in [0.1, 0.15) is 5.82 Å². The van der Waals surface area contributed by atoms with Crippen LogP contribution >= 0.6 is 11.6 Å². The van der Waals surface area contributed by atoms with Gasteiger partial charge in [-0.1, -0.05) is 29.8 Å². The van der Waals surface area contributed by atoms with Crippen LogP contribution in [0.15, 0.2) is 54.6 Å². The van der Waals surface area contributed by atoms with Crippen molar-refractivity contribution in [1.82, 2.24) is 5.32 Å². The number of fused-ring (bicyclic) bond motifs is 1. The standard InChI is InChI=1S/C22H18ClFN2O3/c1-12-16(23)5-3-7-18(12)26-21(28)15-4-2-6-17(19(15)22(26)29)25-20(27)13-8-10-14(24)11-9-13/h2-3,5-11,15,17,19H,4H2,1H3,(H,25,27)/t15-,17-,19+/m1/s1.